The Bertz CT molecular complexity index is 284. The SMILES string of the molecule is NCC(N)CNc1cc(Cl)cc(Cl)c1. The molecule has 1 aromatic carbocycles. The number of hydrogen-bond donors (Lipinski definition) is 3. The van der Waals surface area contributed by atoms with E-state index in [1.165, 1.54) is 0 Å². The van der Waals surface area contributed by atoms with Gasteiger partial charge in [-0.25, -0.2) is 0 Å². The van der Waals surface area contributed by atoms with Crippen molar-refractivity contribution in [3.05, 3.63) is 28.2 Å². The minimum absolute atomic E-state index is 0.0623. The molecular weight excluding hydrogens is 221 g/mol. The fourth-order valence-corrected chi connectivity index (χ4v) is 1.51. The highest BCUT2D eigenvalue weighted by molar-refractivity contribution is 6.35. The molecule has 1 aromatic rings. The van der Waals surface area contributed by atoms with Crippen molar-refractivity contribution in [2.24, 2.45) is 11.5 Å². The Kier molecular flexibility index (Phi) is 4.48. The van der Waals surface area contributed by atoms with E-state index in [0.717, 1.165) is 5.69 Å². The first kappa shape index (κ1) is 11.6. The average Bonchev–Trinajstić information content (AvgIpc) is 2.12. The second kappa shape index (κ2) is 5.41. The lowest BCUT2D eigenvalue weighted by Gasteiger charge is -2.11. The first-order valence-corrected chi connectivity index (χ1v) is 5.03. The highest BCUT2D eigenvalue weighted by Crippen LogP contribution is 2.22. The molecule has 1 atom stereocenters. The molecule has 0 aliphatic rings. The Labute approximate surface area is 93.4 Å². The highest BCUT2D eigenvalue weighted by Gasteiger charge is 2.00. The van der Waals surface area contributed by atoms with Crippen LogP contribution in [0.15, 0.2) is 18.2 Å². The number of benzene rings is 1. The normalized spacial score (nSPS) is 12.6. The summed E-state index contributed by atoms with van der Waals surface area (Å²) in [6.07, 6.45) is 0. The molecule has 5 heteroatoms. The van der Waals surface area contributed by atoms with Crippen molar-refractivity contribution >= 4 is 28.9 Å². The van der Waals surface area contributed by atoms with Gasteiger partial charge in [0.2, 0.25) is 0 Å². The summed E-state index contributed by atoms with van der Waals surface area (Å²) in [5.74, 6) is 0. The van der Waals surface area contributed by atoms with Crippen LogP contribution < -0.4 is 16.8 Å². The molecule has 0 aliphatic heterocycles. The van der Waals surface area contributed by atoms with Crippen LogP contribution in [0.1, 0.15) is 0 Å². The largest absolute Gasteiger partial charge is 0.383 e. The molecule has 1 rings (SSSR count). The molecule has 0 aromatic heterocycles. The van der Waals surface area contributed by atoms with Gasteiger partial charge in [-0.2, -0.15) is 0 Å². The van der Waals surface area contributed by atoms with Gasteiger partial charge in [-0.05, 0) is 18.2 Å². The molecule has 0 heterocycles. The number of nitrogens with one attached hydrogen (secondary N) is 1. The summed E-state index contributed by atoms with van der Waals surface area (Å²) in [6, 6.07) is 5.19. The number of anilines is 1. The van der Waals surface area contributed by atoms with Crippen molar-refractivity contribution in [3.8, 4) is 0 Å². The Balaban J connectivity index is 2.58. The van der Waals surface area contributed by atoms with Crippen LogP contribution >= 0.6 is 23.2 Å². The molecule has 14 heavy (non-hydrogen) atoms. The van der Waals surface area contributed by atoms with Crippen LogP contribution in [-0.4, -0.2) is 19.1 Å². The van der Waals surface area contributed by atoms with E-state index in [-0.39, 0.29) is 6.04 Å². The average molecular weight is 234 g/mol. The number of rotatable bonds is 4. The molecule has 0 spiro atoms. The van der Waals surface area contributed by atoms with Crippen LogP contribution in [0.25, 0.3) is 0 Å². The monoisotopic (exact) mass is 233 g/mol. The Hall–Kier alpha value is -0.480. The van der Waals surface area contributed by atoms with Crippen LogP contribution in [0.2, 0.25) is 10.0 Å². The van der Waals surface area contributed by atoms with Crippen LogP contribution in [0.4, 0.5) is 5.69 Å². The van der Waals surface area contributed by atoms with Crippen LogP contribution in [-0.2, 0) is 0 Å². The minimum atomic E-state index is -0.0623. The van der Waals surface area contributed by atoms with Crippen molar-refractivity contribution in [3.63, 3.8) is 0 Å². The summed E-state index contributed by atoms with van der Waals surface area (Å²) in [4.78, 5) is 0. The van der Waals surface area contributed by atoms with E-state index in [0.29, 0.717) is 23.1 Å². The van der Waals surface area contributed by atoms with E-state index in [1.54, 1.807) is 18.2 Å². The van der Waals surface area contributed by atoms with Gasteiger partial charge in [0.25, 0.3) is 0 Å². The lowest BCUT2D eigenvalue weighted by molar-refractivity contribution is 0.713. The van der Waals surface area contributed by atoms with Gasteiger partial charge in [-0.3, -0.25) is 0 Å². The van der Waals surface area contributed by atoms with Crippen molar-refractivity contribution in [1.82, 2.24) is 0 Å². The lowest BCUT2D eigenvalue weighted by atomic mass is 10.3. The fourth-order valence-electron chi connectivity index (χ4n) is 0.988. The van der Waals surface area contributed by atoms with Crippen LogP contribution in [0.3, 0.4) is 0 Å². The Morgan fingerprint density at radius 1 is 1.21 bits per heavy atom. The third kappa shape index (κ3) is 3.72. The molecule has 0 aliphatic carbocycles. The molecular formula is C9H13Cl2N3. The maximum Gasteiger partial charge on any atom is 0.0441 e. The van der Waals surface area contributed by atoms with Gasteiger partial charge in [0, 0.05) is 34.9 Å². The third-order valence-electron chi connectivity index (χ3n) is 1.73. The summed E-state index contributed by atoms with van der Waals surface area (Å²) in [7, 11) is 0. The zero-order chi connectivity index (χ0) is 10.6. The molecule has 0 fully saturated rings. The van der Waals surface area contributed by atoms with Crippen molar-refractivity contribution < 1.29 is 0 Å². The number of nitrogens with two attached hydrogens (primary N) is 2. The quantitative estimate of drug-likeness (QED) is 0.742. The van der Waals surface area contributed by atoms with E-state index in [1.807, 2.05) is 0 Å². The van der Waals surface area contributed by atoms with E-state index in [2.05, 4.69) is 5.32 Å². The van der Waals surface area contributed by atoms with Gasteiger partial charge in [0.15, 0.2) is 0 Å². The van der Waals surface area contributed by atoms with E-state index in [4.69, 9.17) is 34.7 Å². The number of hydrogen-bond acceptors (Lipinski definition) is 3. The number of halogens is 2. The van der Waals surface area contributed by atoms with E-state index >= 15 is 0 Å². The second-order valence-corrected chi connectivity index (χ2v) is 3.91. The summed E-state index contributed by atoms with van der Waals surface area (Å²) in [5.41, 5.74) is 11.9. The molecule has 1 unspecified atom stereocenters. The third-order valence-corrected chi connectivity index (χ3v) is 2.17. The zero-order valence-electron chi connectivity index (χ0n) is 7.63. The first-order chi connectivity index (χ1) is 6.61. The van der Waals surface area contributed by atoms with Gasteiger partial charge in [0.1, 0.15) is 0 Å². The molecule has 78 valence electrons. The summed E-state index contributed by atoms with van der Waals surface area (Å²) in [5, 5.41) is 4.30. The fraction of sp³-hybridized carbons (Fsp3) is 0.333. The topological polar surface area (TPSA) is 64.1 Å². The van der Waals surface area contributed by atoms with Crippen molar-refractivity contribution in [2.45, 2.75) is 6.04 Å². The first-order valence-electron chi connectivity index (χ1n) is 4.27. The van der Waals surface area contributed by atoms with E-state index in [9.17, 15) is 0 Å². The van der Waals surface area contributed by atoms with Gasteiger partial charge in [-0.1, -0.05) is 23.2 Å². The van der Waals surface area contributed by atoms with Gasteiger partial charge in [-0.15, -0.1) is 0 Å². The molecule has 0 saturated carbocycles. The maximum absolute atomic E-state index is 5.82. The predicted octanol–water partition coefficient (Wildman–Crippen LogP) is 1.69. The minimum Gasteiger partial charge on any atom is -0.383 e. The van der Waals surface area contributed by atoms with E-state index < -0.39 is 0 Å². The summed E-state index contributed by atoms with van der Waals surface area (Å²) >= 11 is 11.6. The predicted molar refractivity (Wildman–Crippen MR) is 62.0 cm³/mol. The Morgan fingerprint density at radius 2 is 1.79 bits per heavy atom. The summed E-state index contributed by atoms with van der Waals surface area (Å²) < 4.78 is 0. The second-order valence-electron chi connectivity index (χ2n) is 3.03. The molecule has 5 N–H and O–H groups in total. The van der Waals surface area contributed by atoms with Crippen molar-refractivity contribution in [2.75, 3.05) is 18.4 Å². The van der Waals surface area contributed by atoms with Gasteiger partial charge < -0.3 is 16.8 Å². The standard InChI is InChI=1S/C9H13Cl2N3/c10-6-1-7(11)3-9(2-6)14-5-8(13)4-12/h1-3,8,14H,4-5,12-13H2. The molecule has 0 bridgehead atoms. The molecule has 0 radical (unpaired) electrons. The van der Waals surface area contributed by atoms with Crippen LogP contribution in [0, 0.1) is 0 Å². The lowest BCUT2D eigenvalue weighted by Crippen LogP contribution is -2.36. The summed E-state index contributed by atoms with van der Waals surface area (Å²) in [6.45, 7) is 1.05. The van der Waals surface area contributed by atoms with Crippen LogP contribution in [0.5, 0.6) is 0 Å². The highest BCUT2D eigenvalue weighted by atomic mass is 35.5. The molecule has 0 saturated heterocycles. The zero-order valence-corrected chi connectivity index (χ0v) is 9.15. The Morgan fingerprint density at radius 3 is 2.29 bits per heavy atom. The maximum atomic E-state index is 5.82. The van der Waals surface area contributed by atoms with Gasteiger partial charge >= 0.3 is 0 Å². The molecule has 0 amide bonds. The smallest absolute Gasteiger partial charge is 0.0441 e. The molecule has 3 nitrogen and oxygen atoms in total. The van der Waals surface area contributed by atoms with Gasteiger partial charge in [0.05, 0.1) is 0 Å². The van der Waals surface area contributed by atoms with Crippen molar-refractivity contribution in [1.29, 1.82) is 0 Å².